The van der Waals surface area contributed by atoms with Gasteiger partial charge in [0.2, 0.25) is 0 Å². The molecule has 1 fully saturated rings. The fraction of sp³-hybridized carbons (Fsp3) is 0.400. The zero-order chi connectivity index (χ0) is 17.9. The predicted octanol–water partition coefficient (Wildman–Crippen LogP) is 2.67. The van der Waals surface area contributed by atoms with Crippen LogP contribution < -0.4 is 4.74 Å². The Kier molecular flexibility index (Phi) is 4.86. The maximum Gasteiger partial charge on any atom is 0.123 e. The van der Waals surface area contributed by atoms with Gasteiger partial charge in [0.15, 0.2) is 0 Å². The Hall–Kier alpha value is -2.44. The third-order valence-corrected chi connectivity index (χ3v) is 4.71. The molecule has 3 heterocycles. The van der Waals surface area contributed by atoms with Crippen molar-refractivity contribution >= 4 is 10.9 Å². The van der Waals surface area contributed by atoms with Gasteiger partial charge >= 0.3 is 0 Å². The van der Waals surface area contributed by atoms with E-state index >= 15 is 0 Å². The Labute approximate surface area is 153 Å². The minimum atomic E-state index is 0.237. The van der Waals surface area contributed by atoms with E-state index in [4.69, 9.17) is 4.74 Å². The fourth-order valence-corrected chi connectivity index (χ4v) is 3.51. The fourth-order valence-electron chi connectivity index (χ4n) is 3.51. The number of nitrogens with zero attached hydrogens (tertiary/aromatic N) is 4. The Morgan fingerprint density at radius 2 is 2.19 bits per heavy atom. The van der Waals surface area contributed by atoms with Crippen LogP contribution in [0.25, 0.3) is 10.9 Å². The van der Waals surface area contributed by atoms with E-state index in [9.17, 15) is 0 Å². The lowest BCUT2D eigenvalue weighted by Crippen LogP contribution is -2.24. The molecule has 0 saturated carbocycles. The molecule has 1 saturated heterocycles. The van der Waals surface area contributed by atoms with Gasteiger partial charge in [-0.05, 0) is 38.2 Å². The Balaban J connectivity index is 1.34. The summed E-state index contributed by atoms with van der Waals surface area (Å²) in [6.45, 7) is 3.77. The molecular formula is C20H25N5O. The van der Waals surface area contributed by atoms with Gasteiger partial charge in [-0.2, -0.15) is 5.10 Å². The lowest BCUT2D eigenvalue weighted by molar-refractivity contribution is 0.198. The zero-order valence-corrected chi connectivity index (χ0v) is 15.4. The second kappa shape index (κ2) is 7.43. The van der Waals surface area contributed by atoms with Gasteiger partial charge in [0, 0.05) is 43.8 Å². The highest BCUT2D eigenvalue weighted by molar-refractivity contribution is 5.78. The van der Waals surface area contributed by atoms with Crippen molar-refractivity contribution in [1.29, 1.82) is 0 Å². The summed E-state index contributed by atoms with van der Waals surface area (Å²) < 4.78 is 6.21. The third-order valence-electron chi connectivity index (χ3n) is 4.71. The predicted molar refractivity (Wildman–Crippen MR) is 102 cm³/mol. The van der Waals surface area contributed by atoms with Crippen LogP contribution in [0.5, 0.6) is 5.75 Å². The molecule has 0 radical (unpaired) electrons. The number of pyridine rings is 1. The van der Waals surface area contributed by atoms with Gasteiger partial charge in [0.05, 0.1) is 17.4 Å². The third kappa shape index (κ3) is 4.03. The van der Waals surface area contributed by atoms with Crippen molar-refractivity contribution < 1.29 is 4.74 Å². The van der Waals surface area contributed by atoms with Gasteiger partial charge in [-0.15, -0.1) is 0 Å². The summed E-state index contributed by atoms with van der Waals surface area (Å²) in [6, 6.07) is 10.5. The van der Waals surface area contributed by atoms with Crippen molar-refractivity contribution in [3.63, 3.8) is 0 Å². The zero-order valence-electron chi connectivity index (χ0n) is 15.4. The van der Waals surface area contributed by atoms with Crippen molar-refractivity contribution in [1.82, 2.24) is 25.0 Å². The van der Waals surface area contributed by atoms with Crippen LogP contribution >= 0.6 is 0 Å². The Morgan fingerprint density at radius 3 is 3.08 bits per heavy atom. The Morgan fingerprint density at radius 1 is 1.27 bits per heavy atom. The van der Waals surface area contributed by atoms with Crippen molar-refractivity contribution in [3.05, 3.63) is 54.0 Å². The van der Waals surface area contributed by atoms with Gasteiger partial charge in [0.25, 0.3) is 0 Å². The molecule has 136 valence electrons. The van der Waals surface area contributed by atoms with Crippen LogP contribution in [-0.4, -0.2) is 58.3 Å². The quantitative estimate of drug-likeness (QED) is 0.740. The van der Waals surface area contributed by atoms with Crippen molar-refractivity contribution in [3.8, 4) is 5.75 Å². The average Bonchev–Trinajstić information content (AvgIpc) is 3.23. The van der Waals surface area contributed by atoms with Crippen molar-refractivity contribution in [2.75, 3.05) is 27.2 Å². The molecular weight excluding hydrogens is 326 g/mol. The molecule has 0 spiro atoms. The van der Waals surface area contributed by atoms with Gasteiger partial charge in [-0.3, -0.25) is 15.0 Å². The molecule has 26 heavy (non-hydrogen) atoms. The normalized spacial score (nSPS) is 18.0. The van der Waals surface area contributed by atoms with E-state index in [2.05, 4.69) is 49.2 Å². The molecule has 6 nitrogen and oxygen atoms in total. The van der Waals surface area contributed by atoms with E-state index in [1.165, 1.54) is 5.56 Å². The topological polar surface area (TPSA) is 57.3 Å². The molecule has 0 amide bonds. The first-order chi connectivity index (χ1) is 12.7. The van der Waals surface area contributed by atoms with Gasteiger partial charge in [-0.25, -0.2) is 0 Å². The van der Waals surface area contributed by atoms with Crippen molar-refractivity contribution in [2.24, 2.45) is 0 Å². The molecule has 1 N–H and O–H groups in total. The van der Waals surface area contributed by atoms with Crippen LogP contribution in [-0.2, 0) is 13.1 Å². The maximum atomic E-state index is 6.21. The number of hydrogen-bond acceptors (Lipinski definition) is 5. The second-order valence-corrected chi connectivity index (χ2v) is 7.28. The first kappa shape index (κ1) is 17.0. The molecule has 6 heteroatoms. The van der Waals surface area contributed by atoms with Gasteiger partial charge in [0.1, 0.15) is 11.9 Å². The molecule has 0 bridgehead atoms. The minimum absolute atomic E-state index is 0.237. The van der Waals surface area contributed by atoms with Crippen LogP contribution in [0.3, 0.4) is 0 Å². The summed E-state index contributed by atoms with van der Waals surface area (Å²) in [5.41, 5.74) is 3.44. The lowest BCUT2D eigenvalue weighted by atomic mass is 10.1. The molecule has 2 aromatic heterocycles. The first-order valence-electron chi connectivity index (χ1n) is 9.06. The number of likely N-dealkylation sites (tertiary alicyclic amines) is 1. The standard InChI is InChI=1S/C20H25N5O/c1-24(2)13-17-10-18(5-7-21-17)26-19-6-8-25(14-19)12-15-3-4-16-11-22-23-20(16)9-15/h3-5,7,9-11,19H,6,8,12-14H2,1-2H3,(H,22,23). The Bertz CT molecular complexity index is 875. The number of ether oxygens (including phenoxy) is 1. The molecule has 1 aliphatic rings. The van der Waals surface area contributed by atoms with E-state index in [0.717, 1.165) is 54.9 Å². The van der Waals surface area contributed by atoms with Crippen LogP contribution in [0.1, 0.15) is 17.7 Å². The maximum absolute atomic E-state index is 6.21. The van der Waals surface area contributed by atoms with Gasteiger partial charge < -0.3 is 9.64 Å². The van der Waals surface area contributed by atoms with Gasteiger partial charge in [-0.1, -0.05) is 12.1 Å². The SMILES string of the molecule is CN(C)Cc1cc(OC2CCN(Cc3ccc4cn[nH]c4c3)C2)ccn1. The van der Waals surface area contributed by atoms with E-state index in [1.807, 2.05) is 32.6 Å². The largest absolute Gasteiger partial charge is 0.489 e. The number of nitrogens with one attached hydrogen (secondary N) is 1. The molecule has 1 unspecified atom stereocenters. The summed E-state index contributed by atoms with van der Waals surface area (Å²) >= 11 is 0. The highest BCUT2D eigenvalue weighted by Crippen LogP contribution is 2.21. The summed E-state index contributed by atoms with van der Waals surface area (Å²) in [5.74, 6) is 0.919. The van der Waals surface area contributed by atoms with E-state index < -0.39 is 0 Å². The average molecular weight is 351 g/mol. The molecule has 1 aromatic carbocycles. The summed E-state index contributed by atoms with van der Waals surface area (Å²) in [4.78, 5) is 8.96. The molecule has 0 aliphatic carbocycles. The van der Waals surface area contributed by atoms with E-state index in [1.54, 1.807) is 0 Å². The van der Waals surface area contributed by atoms with Crippen LogP contribution in [0.2, 0.25) is 0 Å². The molecule has 1 aliphatic heterocycles. The number of hydrogen-bond donors (Lipinski definition) is 1. The smallest absolute Gasteiger partial charge is 0.123 e. The highest BCUT2D eigenvalue weighted by Gasteiger charge is 2.24. The monoisotopic (exact) mass is 351 g/mol. The number of H-pyrrole nitrogens is 1. The van der Waals surface area contributed by atoms with Crippen molar-refractivity contribution in [2.45, 2.75) is 25.6 Å². The number of benzene rings is 1. The highest BCUT2D eigenvalue weighted by atomic mass is 16.5. The minimum Gasteiger partial charge on any atom is -0.489 e. The van der Waals surface area contributed by atoms with E-state index in [-0.39, 0.29) is 6.10 Å². The van der Waals surface area contributed by atoms with Crippen LogP contribution in [0.15, 0.2) is 42.7 Å². The molecule has 1 atom stereocenters. The van der Waals surface area contributed by atoms with E-state index in [0.29, 0.717) is 0 Å². The number of aromatic amines is 1. The summed E-state index contributed by atoms with van der Waals surface area (Å²) in [7, 11) is 4.09. The van der Waals surface area contributed by atoms with Crippen LogP contribution in [0, 0.1) is 0 Å². The second-order valence-electron chi connectivity index (χ2n) is 7.28. The molecule has 4 rings (SSSR count). The summed E-state index contributed by atoms with van der Waals surface area (Å²) in [6.07, 6.45) is 4.98. The number of aromatic nitrogens is 3. The number of fused-ring (bicyclic) bond motifs is 1. The lowest BCUT2D eigenvalue weighted by Gasteiger charge is -2.17. The number of rotatable bonds is 6. The van der Waals surface area contributed by atoms with Crippen LogP contribution in [0.4, 0.5) is 0 Å². The molecule has 3 aromatic rings. The first-order valence-corrected chi connectivity index (χ1v) is 9.06. The summed E-state index contributed by atoms with van der Waals surface area (Å²) in [5, 5.41) is 8.29.